The lowest BCUT2D eigenvalue weighted by Crippen LogP contribution is -2.22. The predicted octanol–water partition coefficient (Wildman–Crippen LogP) is 4.12. The third kappa shape index (κ3) is 2.98. The Labute approximate surface area is 171 Å². The van der Waals surface area contributed by atoms with Crippen LogP contribution in [-0.4, -0.2) is 24.4 Å². The average molecular weight is 402 g/mol. The first-order chi connectivity index (χ1) is 14.1. The lowest BCUT2D eigenvalue weighted by atomic mass is 10.1. The van der Waals surface area contributed by atoms with Crippen molar-refractivity contribution in [1.29, 1.82) is 0 Å². The number of fused-ring (bicyclic) bond motifs is 3. The van der Waals surface area contributed by atoms with Gasteiger partial charge < -0.3 is 4.57 Å². The lowest BCUT2D eigenvalue weighted by Gasteiger charge is -2.07. The van der Waals surface area contributed by atoms with Gasteiger partial charge in [-0.25, -0.2) is 4.52 Å². The minimum Gasteiger partial charge on any atom is -0.309 e. The van der Waals surface area contributed by atoms with Crippen LogP contribution in [0.1, 0.15) is 11.3 Å². The highest BCUT2D eigenvalue weighted by molar-refractivity contribution is 6.30. The van der Waals surface area contributed by atoms with Crippen molar-refractivity contribution < 1.29 is 0 Å². The van der Waals surface area contributed by atoms with Gasteiger partial charge in [0, 0.05) is 11.2 Å². The summed E-state index contributed by atoms with van der Waals surface area (Å²) in [6.45, 7) is 2.39. The molecule has 0 aliphatic rings. The number of benzene rings is 2. The molecular formula is C22H16ClN5O. The summed E-state index contributed by atoms with van der Waals surface area (Å²) >= 11 is 6.01. The van der Waals surface area contributed by atoms with Crippen molar-refractivity contribution in [2.75, 3.05) is 0 Å². The van der Waals surface area contributed by atoms with Crippen molar-refractivity contribution in [3.8, 4) is 11.1 Å². The maximum atomic E-state index is 13.0. The smallest absolute Gasteiger partial charge is 0.280 e. The maximum absolute atomic E-state index is 13.0. The van der Waals surface area contributed by atoms with Gasteiger partial charge in [0.25, 0.3) is 5.56 Å². The molecule has 3 aromatic heterocycles. The van der Waals surface area contributed by atoms with Crippen LogP contribution in [0.4, 0.5) is 0 Å². The van der Waals surface area contributed by atoms with E-state index in [-0.39, 0.29) is 5.56 Å². The minimum atomic E-state index is -0.193. The van der Waals surface area contributed by atoms with E-state index in [1.807, 2.05) is 67.6 Å². The molecule has 0 spiro atoms. The summed E-state index contributed by atoms with van der Waals surface area (Å²) in [7, 11) is 0. The number of aryl methyl sites for hydroxylation is 1. The van der Waals surface area contributed by atoms with Crippen molar-refractivity contribution >= 4 is 28.3 Å². The van der Waals surface area contributed by atoms with Crippen LogP contribution < -0.4 is 5.56 Å². The summed E-state index contributed by atoms with van der Waals surface area (Å²) in [5, 5.41) is 13.9. The summed E-state index contributed by atoms with van der Waals surface area (Å²) in [6, 6.07) is 19.2. The third-order valence-corrected chi connectivity index (χ3v) is 5.21. The normalized spacial score (nSPS) is 11.4. The van der Waals surface area contributed by atoms with Crippen molar-refractivity contribution in [2.24, 2.45) is 0 Å². The highest BCUT2D eigenvalue weighted by Gasteiger charge is 2.17. The third-order valence-electron chi connectivity index (χ3n) is 4.96. The number of nitrogens with zero attached hydrogens (tertiary/aromatic N) is 5. The van der Waals surface area contributed by atoms with Gasteiger partial charge in [0.05, 0.1) is 17.8 Å². The molecule has 142 valence electrons. The van der Waals surface area contributed by atoms with Gasteiger partial charge >= 0.3 is 0 Å². The SMILES string of the molecule is Cc1nn2c(nnc3c(=O)n(Cc4ccccc4)ccc32)c1-c1ccc(Cl)cc1. The van der Waals surface area contributed by atoms with E-state index >= 15 is 0 Å². The molecule has 7 heteroatoms. The van der Waals surface area contributed by atoms with Crippen LogP contribution >= 0.6 is 11.6 Å². The average Bonchev–Trinajstić information content (AvgIpc) is 3.08. The Morgan fingerprint density at radius 1 is 0.966 bits per heavy atom. The highest BCUT2D eigenvalue weighted by Crippen LogP contribution is 2.29. The van der Waals surface area contributed by atoms with Gasteiger partial charge in [-0.1, -0.05) is 54.1 Å². The number of pyridine rings is 1. The standard InChI is InChI=1S/C22H16ClN5O/c1-14-19(16-7-9-17(23)10-8-16)21-25-24-20-18(28(21)26-14)11-12-27(22(20)29)13-15-5-3-2-4-6-15/h2-12H,13H2,1H3. The summed E-state index contributed by atoms with van der Waals surface area (Å²) in [5.41, 5.74) is 5.02. The first-order valence-corrected chi connectivity index (χ1v) is 9.54. The van der Waals surface area contributed by atoms with Crippen LogP contribution in [0.3, 0.4) is 0 Å². The fourth-order valence-electron chi connectivity index (χ4n) is 3.55. The Balaban J connectivity index is 1.68. The molecule has 3 heterocycles. The molecule has 0 saturated carbocycles. The van der Waals surface area contributed by atoms with Crippen LogP contribution in [0.5, 0.6) is 0 Å². The molecule has 2 aromatic carbocycles. The zero-order valence-electron chi connectivity index (χ0n) is 15.6. The molecule has 0 radical (unpaired) electrons. The molecule has 0 amide bonds. The molecular weight excluding hydrogens is 386 g/mol. The Bertz CT molecular complexity index is 1410. The van der Waals surface area contributed by atoms with E-state index in [2.05, 4.69) is 15.3 Å². The highest BCUT2D eigenvalue weighted by atomic mass is 35.5. The molecule has 0 saturated heterocycles. The molecule has 0 aliphatic carbocycles. The largest absolute Gasteiger partial charge is 0.309 e. The maximum Gasteiger partial charge on any atom is 0.280 e. The fourth-order valence-corrected chi connectivity index (χ4v) is 3.68. The van der Waals surface area contributed by atoms with Crippen LogP contribution in [0.15, 0.2) is 71.7 Å². The molecule has 29 heavy (non-hydrogen) atoms. The van der Waals surface area contributed by atoms with Gasteiger partial charge in [-0.2, -0.15) is 5.10 Å². The number of hydrogen-bond donors (Lipinski definition) is 0. The Morgan fingerprint density at radius 3 is 2.48 bits per heavy atom. The molecule has 0 atom stereocenters. The molecule has 0 fully saturated rings. The topological polar surface area (TPSA) is 65.1 Å². The van der Waals surface area contributed by atoms with Gasteiger partial charge in [0.1, 0.15) is 5.52 Å². The number of halogens is 1. The molecule has 5 rings (SSSR count). The van der Waals surface area contributed by atoms with Gasteiger partial charge in [-0.15, -0.1) is 10.2 Å². The van der Waals surface area contributed by atoms with E-state index < -0.39 is 0 Å². The second kappa shape index (κ2) is 6.83. The molecule has 6 nitrogen and oxygen atoms in total. The van der Waals surface area contributed by atoms with Gasteiger partial charge in [-0.05, 0) is 36.2 Å². The van der Waals surface area contributed by atoms with E-state index in [1.54, 1.807) is 15.3 Å². The molecule has 0 aliphatic heterocycles. The predicted molar refractivity (Wildman–Crippen MR) is 113 cm³/mol. The van der Waals surface area contributed by atoms with E-state index in [9.17, 15) is 4.79 Å². The molecule has 0 N–H and O–H groups in total. The lowest BCUT2D eigenvalue weighted by molar-refractivity contribution is 0.760. The summed E-state index contributed by atoms with van der Waals surface area (Å²) in [6.07, 6.45) is 1.78. The van der Waals surface area contributed by atoms with Crippen LogP contribution in [0, 0.1) is 6.92 Å². The van der Waals surface area contributed by atoms with Gasteiger partial charge in [0.2, 0.25) is 0 Å². The molecule has 0 bridgehead atoms. The Morgan fingerprint density at radius 2 is 1.72 bits per heavy atom. The minimum absolute atomic E-state index is 0.193. The van der Waals surface area contributed by atoms with Crippen LogP contribution in [0.2, 0.25) is 5.02 Å². The number of rotatable bonds is 3. The van der Waals surface area contributed by atoms with E-state index in [0.717, 1.165) is 22.4 Å². The summed E-state index contributed by atoms with van der Waals surface area (Å²) < 4.78 is 3.32. The number of aromatic nitrogens is 5. The first-order valence-electron chi connectivity index (χ1n) is 9.17. The van der Waals surface area contributed by atoms with Crippen molar-refractivity contribution in [3.05, 3.63) is 93.5 Å². The quantitative estimate of drug-likeness (QED) is 0.456. The Hall–Kier alpha value is -3.51. The zero-order chi connectivity index (χ0) is 20.0. The summed E-state index contributed by atoms with van der Waals surface area (Å²) in [4.78, 5) is 13.0. The number of hydrogen-bond acceptors (Lipinski definition) is 4. The second-order valence-corrected chi connectivity index (χ2v) is 7.31. The van der Waals surface area contributed by atoms with Crippen molar-refractivity contribution in [1.82, 2.24) is 24.4 Å². The molecule has 5 aromatic rings. The van der Waals surface area contributed by atoms with E-state index in [1.165, 1.54) is 0 Å². The monoisotopic (exact) mass is 401 g/mol. The molecule has 0 unspecified atom stereocenters. The Kier molecular flexibility index (Phi) is 4.14. The first kappa shape index (κ1) is 17.6. The zero-order valence-corrected chi connectivity index (χ0v) is 16.3. The van der Waals surface area contributed by atoms with Crippen LogP contribution in [0.25, 0.3) is 27.8 Å². The van der Waals surface area contributed by atoms with E-state index in [0.29, 0.717) is 28.2 Å². The summed E-state index contributed by atoms with van der Waals surface area (Å²) in [5.74, 6) is 0. The van der Waals surface area contributed by atoms with Gasteiger partial charge in [-0.3, -0.25) is 4.79 Å². The fraction of sp³-hybridized carbons (Fsp3) is 0.0909. The van der Waals surface area contributed by atoms with E-state index in [4.69, 9.17) is 11.6 Å². The second-order valence-electron chi connectivity index (χ2n) is 6.87. The van der Waals surface area contributed by atoms with Crippen molar-refractivity contribution in [2.45, 2.75) is 13.5 Å². The van der Waals surface area contributed by atoms with Gasteiger partial charge in [0.15, 0.2) is 11.2 Å². The van der Waals surface area contributed by atoms with Crippen LogP contribution in [-0.2, 0) is 6.54 Å². The van der Waals surface area contributed by atoms with Crippen molar-refractivity contribution in [3.63, 3.8) is 0 Å².